The Morgan fingerprint density at radius 2 is 1.83 bits per heavy atom. The number of ether oxygens (including phenoxy) is 1. The molecule has 7 heteroatoms. The first-order valence-electron chi connectivity index (χ1n) is 8.25. The maximum atomic E-state index is 11.7. The zero-order valence-electron chi connectivity index (χ0n) is 14.0. The number of hydrogen-bond donors (Lipinski definition) is 3. The molecule has 1 aliphatic rings. The number of rotatable bonds is 9. The smallest absolute Gasteiger partial charge is 0.326 e. The first kappa shape index (κ1) is 19.4. The summed E-state index contributed by atoms with van der Waals surface area (Å²) in [6.45, 7) is 5.09. The van der Waals surface area contributed by atoms with Crippen LogP contribution in [-0.2, 0) is 19.1 Å². The van der Waals surface area contributed by atoms with Gasteiger partial charge >= 0.3 is 5.97 Å². The van der Waals surface area contributed by atoms with Crippen molar-refractivity contribution < 1.29 is 24.2 Å². The van der Waals surface area contributed by atoms with Crippen LogP contribution in [0, 0.1) is 11.8 Å². The third kappa shape index (κ3) is 8.54. The number of carbonyl (C=O) groups excluding carboxylic acids is 2. The molecule has 0 aromatic heterocycles. The second-order valence-electron chi connectivity index (χ2n) is 6.46. The summed E-state index contributed by atoms with van der Waals surface area (Å²) in [5.41, 5.74) is 0. The zero-order chi connectivity index (χ0) is 17.2. The summed E-state index contributed by atoms with van der Waals surface area (Å²) in [4.78, 5) is 34.6. The van der Waals surface area contributed by atoms with Crippen LogP contribution in [0.15, 0.2) is 0 Å². The summed E-state index contributed by atoms with van der Waals surface area (Å²) in [6.07, 6.45) is 3.49. The highest BCUT2D eigenvalue weighted by molar-refractivity contribution is 5.87. The molecule has 2 amide bonds. The van der Waals surface area contributed by atoms with Gasteiger partial charge in [-0.2, -0.15) is 0 Å². The molecule has 0 aromatic rings. The van der Waals surface area contributed by atoms with Crippen LogP contribution in [0.2, 0.25) is 0 Å². The monoisotopic (exact) mass is 328 g/mol. The number of carbonyl (C=O) groups is 3. The number of carboxylic acid groups (broad SMARTS) is 1. The third-order valence-corrected chi connectivity index (χ3v) is 3.91. The molecule has 3 N–H and O–H groups in total. The van der Waals surface area contributed by atoms with Gasteiger partial charge in [-0.25, -0.2) is 4.79 Å². The number of amides is 2. The molecule has 132 valence electrons. The van der Waals surface area contributed by atoms with E-state index in [1.165, 1.54) is 0 Å². The Labute approximate surface area is 137 Å². The van der Waals surface area contributed by atoms with E-state index in [-0.39, 0.29) is 18.4 Å². The summed E-state index contributed by atoms with van der Waals surface area (Å²) >= 11 is 0. The molecule has 0 radical (unpaired) electrons. The molecule has 0 aromatic carbocycles. The zero-order valence-corrected chi connectivity index (χ0v) is 14.0. The van der Waals surface area contributed by atoms with Gasteiger partial charge < -0.3 is 20.5 Å². The fourth-order valence-electron chi connectivity index (χ4n) is 2.58. The fourth-order valence-corrected chi connectivity index (χ4v) is 2.58. The van der Waals surface area contributed by atoms with Crippen LogP contribution in [0.3, 0.4) is 0 Å². The molecule has 1 aliphatic heterocycles. The van der Waals surface area contributed by atoms with Crippen molar-refractivity contribution >= 4 is 17.8 Å². The maximum Gasteiger partial charge on any atom is 0.326 e. The normalized spacial score (nSPS) is 16.8. The van der Waals surface area contributed by atoms with E-state index in [0.29, 0.717) is 18.8 Å². The summed E-state index contributed by atoms with van der Waals surface area (Å²) in [5, 5.41) is 14.0. The van der Waals surface area contributed by atoms with Gasteiger partial charge in [0, 0.05) is 19.6 Å². The first-order valence-corrected chi connectivity index (χ1v) is 8.25. The second kappa shape index (κ2) is 10.2. The molecule has 1 rings (SSSR count). The van der Waals surface area contributed by atoms with E-state index in [9.17, 15) is 14.4 Å². The predicted molar refractivity (Wildman–Crippen MR) is 84.8 cm³/mol. The predicted octanol–water partition coefficient (Wildman–Crippen LogP) is 0.925. The molecule has 1 saturated heterocycles. The van der Waals surface area contributed by atoms with Crippen molar-refractivity contribution in [2.24, 2.45) is 11.8 Å². The van der Waals surface area contributed by atoms with Crippen LogP contribution < -0.4 is 10.6 Å². The molecule has 0 unspecified atom stereocenters. The number of nitrogens with one attached hydrogen (secondary N) is 2. The minimum Gasteiger partial charge on any atom is -0.480 e. The minimum absolute atomic E-state index is 0.158. The Morgan fingerprint density at radius 3 is 2.39 bits per heavy atom. The lowest BCUT2D eigenvalue weighted by molar-refractivity contribution is -0.142. The number of carboxylic acids is 1. The van der Waals surface area contributed by atoms with Gasteiger partial charge in [-0.3, -0.25) is 9.59 Å². The molecule has 23 heavy (non-hydrogen) atoms. The van der Waals surface area contributed by atoms with Gasteiger partial charge in [0.2, 0.25) is 11.8 Å². The lowest BCUT2D eigenvalue weighted by Crippen LogP contribution is -2.46. The Morgan fingerprint density at radius 1 is 1.17 bits per heavy atom. The molecule has 0 saturated carbocycles. The Hall–Kier alpha value is -1.63. The topological polar surface area (TPSA) is 105 Å². The highest BCUT2D eigenvalue weighted by Crippen LogP contribution is 2.19. The highest BCUT2D eigenvalue weighted by Gasteiger charge is 2.21. The number of aliphatic carboxylic acids is 1. The molecule has 1 fully saturated rings. The second-order valence-corrected chi connectivity index (χ2v) is 6.46. The standard InChI is InChI=1S/C16H28N2O5/c1-11(2)9-13(16(21)22)18-15(20)10-17-14(19)4-3-12-5-7-23-8-6-12/h11-13H,3-10H2,1-2H3,(H,17,19)(H,18,20)(H,21,22)/t13-/m0/s1. The lowest BCUT2D eigenvalue weighted by atomic mass is 9.95. The van der Waals surface area contributed by atoms with E-state index in [1.807, 2.05) is 13.8 Å². The van der Waals surface area contributed by atoms with Gasteiger partial charge in [-0.05, 0) is 37.5 Å². The molecule has 7 nitrogen and oxygen atoms in total. The van der Waals surface area contributed by atoms with E-state index in [2.05, 4.69) is 10.6 Å². The Bertz CT molecular complexity index is 405. The molecule has 0 bridgehead atoms. The van der Waals surface area contributed by atoms with Crippen LogP contribution in [0.4, 0.5) is 0 Å². The van der Waals surface area contributed by atoms with Gasteiger partial charge in [0.15, 0.2) is 0 Å². The lowest BCUT2D eigenvalue weighted by Gasteiger charge is -2.21. The largest absolute Gasteiger partial charge is 0.480 e. The quantitative estimate of drug-likeness (QED) is 0.584. The average molecular weight is 328 g/mol. The maximum absolute atomic E-state index is 11.7. The molecule has 0 spiro atoms. The average Bonchev–Trinajstić information content (AvgIpc) is 2.50. The van der Waals surface area contributed by atoms with Gasteiger partial charge in [-0.1, -0.05) is 13.8 Å². The van der Waals surface area contributed by atoms with E-state index < -0.39 is 17.9 Å². The molecular formula is C16H28N2O5. The Kier molecular flexibility index (Phi) is 8.61. The van der Waals surface area contributed by atoms with Gasteiger partial charge in [0.25, 0.3) is 0 Å². The first-order chi connectivity index (χ1) is 10.9. The van der Waals surface area contributed by atoms with Gasteiger partial charge in [0.05, 0.1) is 6.54 Å². The van der Waals surface area contributed by atoms with E-state index >= 15 is 0 Å². The van der Waals surface area contributed by atoms with E-state index in [4.69, 9.17) is 9.84 Å². The minimum atomic E-state index is -1.06. The van der Waals surface area contributed by atoms with Gasteiger partial charge in [0.1, 0.15) is 6.04 Å². The van der Waals surface area contributed by atoms with Crippen molar-refractivity contribution in [3.8, 4) is 0 Å². The fraction of sp³-hybridized carbons (Fsp3) is 0.812. The SMILES string of the molecule is CC(C)C[C@H](NC(=O)CNC(=O)CCC1CCOCC1)C(=O)O. The van der Waals surface area contributed by atoms with Crippen LogP contribution >= 0.6 is 0 Å². The molecular weight excluding hydrogens is 300 g/mol. The third-order valence-electron chi connectivity index (χ3n) is 3.91. The van der Waals surface area contributed by atoms with Gasteiger partial charge in [-0.15, -0.1) is 0 Å². The molecule has 1 atom stereocenters. The summed E-state index contributed by atoms with van der Waals surface area (Å²) in [5.74, 6) is -1.05. The van der Waals surface area contributed by atoms with Crippen molar-refractivity contribution in [3.63, 3.8) is 0 Å². The van der Waals surface area contributed by atoms with Crippen LogP contribution in [-0.4, -0.2) is 48.7 Å². The van der Waals surface area contributed by atoms with Crippen molar-refractivity contribution in [1.29, 1.82) is 0 Å². The van der Waals surface area contributed by atoms with Crippen LogP contribution in [0.25, 0.3) is 0 Å². The summed E-state index contributed by atoms with van der Waals surface area (Å²) < 4.78 is 5.27. The highest BCUT2D eigenvalue weighted by atomic mass is 16.5. The van der Waals surface area contributed by atoms with Crippen molar-refractivity contribution in [2.45, 2.75) is 52.0 Å². The summed E-state index contributed by atoms with van der Waals surface area (Å²) in [7, 11) is 0. The van der Waals surface area contributed by atoms with Crippen molar-refractivity contribution in [3.05, 3.63) is 0 Å². The van der Waals surface area contributed by atoms with E-state index in [0.717, 1.165) is 32.5 Å². The Balaban J connectivity index is 2.22. The van der Waals surface area contributed by atoms with Crippen LogP contribution in [0.1, 0.15) is 46.0 Å². The number of hydrogen-bond acceptors (Lipinski definition) is 4. The molecule has 0 aliphatic carbocycles. The van der Waals surface area contributed by atoms with E-state index in [1.54, 1.807) is 0 Å². The van der Waals surface area contributed by atoms with Crippen LogP contribution in [0.5, 0.6) is 0 Å². The molecule has 1 heterocycles. The van der Waals surface area contributed by atoms with Crippen molar-refractivity contribution in [2.75, 3.05) is 19.8 Å². The van der Waals surface area contributed by atoms with Crippen molar-refractivity contribution in [1.82, 2.24) is 10.6 Å². The summed E-state index contributed by atoms with van der Waals surface area (Å²) in [6, 6.07) is -0.915.